The van der Waals surface area contributed by atoms with E-state index < -0.39 is 10.2 Å². The Morgan fingerprint density at radius 3 is 2.69 bits per heavy atom. The molecule has 4 heterocycles. The number of anilines is 2. The Morgan fingerprint density at radius 2 is 1.91 bits per heavy atom. The summed E-state index contributed by atoms with van der Waals surface area (Å²) >= 11 is 6.39. The van der Waals surface area contributed by atoms with Crippen molar-refractivity contribution in [1.29, 1.82) is 0 Å². The molecule has 0 bridgehead atoms. The van der Waals surface area contributed by atoms with Crippen LogP contribution in [-0.4, -0.2) is 68.5 Å². The molecule has 1 aromatic heterocycles. The van der Waals surface area contributed by atoms with Gasteiger partial charge in [-0.25, -0.2) is 4.68 Å². The molecule has 190 valence electrons. The van der Waals surface area contributed by atoms with Crippen LogP contribution in [0, 0.1) is 5.92 Å². The van der Waals surface area contributed by atoms with Crippen LogP contribution in [0.3, 0.4) is 0 Å². The van der Waals surface area contributed by atoms with Crippen LogP contribution in [0.1, 0.15) is 31.7 Å². The number of ether oxygens (including phenoxy) is 2. The highest BCUT2D eigenvalue weighted by Crippen LogP contribution is 2.35. The molecule has 10 nitrogen and oxygen atoms in total. The van der Waals surface area contributed by atoms with E-state index in [0.717, 1.165) is 19.4 Å². The van der Waals surface area contributed by atoms with Crippen molar-refractivity contribution in [1.82, 2.24) is 14.1 Å². The number of halogens is 1. The normalized spacial score (nSPS) is 21.9. The van der Waals surface area contributed by atoms with Crippen molar-refractivity contribution in [3.63, 3.8) is 0 Å². The second-order valence-electron chi connectivity index (χ2n) is 9.11. The predicted molar refractivity (Wildman–Crippen MR) is 134 cm³/mol. The molecule has 3 aliphatic rings. The van der Waals surface area contributed by atoms with Gasteiger partial charge in [0, 0.05) is 26.2 Å². The van der Waals surface area contributed by atoms with Crippen LogP contribution in [0.4, 0.5) is 11.4 Å². The number of para-hydroxylation sites is 2. The summed E-state index contributed by atoms with van der Waals surface area (Å²) in [5.41, 5.74) is 0.706. The summed E-state index contributed by atoms with van der Waals surface area (Å²) in [6, 6.07) is 6.92. The number of nitrogens with zero attached hydrogens (tertiary/aromatic N) is 4. The van der Waals surface area contributed by atoms with Crippen LogP contribution >= 0.6 is 11.6 Å². The molecule has 2 fully saturated rings. The highest BCUT2D eigenvalue weighted by molar-refractivity contribution is 7.90. The lowest BCUT2D eigenvalue weighted by molar-refractivity contribution is 0.0595. The van der Waals surface area contributed by atoms with E-state index in [1.807, 2.05) is 6.07 Å². The van der Waals surface area contributed by atoms with E-state index in [-0.39, 0.29) is 23.2 Å². The molecule has 2 saturated heterocycles. The Hall–Kier alpha value is -2.34. The highest BCUT2D eigenvalue weighted by Gasteiger charge is 2.36. The molecule has 3 aliphatic heterocycles. The van der Waals surface area contributed by atoms with E-state index >= 15 is 0 Å². The number of rotatable bonds is 6. The number of nitrogens with one attached hydrogen (secondary N) is 1. The smallest absolute Gasteiger partial charge is 0.304 e. The van der Waals surface area contributed by atoms with Gasteiger partial charge in [0.1, 0.15) is 17.4 Å². The zero-order chi connectivity index (χ0) is 24.4. The van der Waals surface area contributed by atoms with Crippen LogP contribution in [0.2, 0.25) is 5.02 Å². The maximum Gasteiger partial charge on any atom is 0.304 e. The molecule has 0 radical (unpaired) electrons. The third-order valence-corrected chi connectivity index (χ3v) is 9.16. The standard InChI is InChI=1S/C23H30ClN5O5S/c24-22-19(25-14-17-4-3-12-33-16-17)15-26-29(23(22)30)18-7-9-27(10-8-18)35(31,32)28-11-13-34-21-6-2-1-5-20(21)28/h1-2,5-6,15,17-18,25H,3-4,7-14,16H2/t17-/m1/s1. The van der Waals surface area contributed by atoms with E-state index in [2.05, 4.69) is 10.4 Å². The van der Waals surface area contributed by atoms with Gasteiger partial charge >= 0.3 is 10.2 Å². The van der Waals surface area contributed by atoms with E-state index in [9.17, 15) is 13.2 Å². The van der Waals surface area contributed by atoms with Crippen LogP contribution in [0.15, 0.2) is 35.3 Å². The lowest BCUT2D eigenvalue weighted by Crippen LogP contribution is -2.50. The van der Waals surface area contributed by atoms with Gasteiger partial charge in [0.15, 0.2) is 0 Å². The van der Waals surface area contributed by atoms with Gasteiger partial charge < -0.3 is 14.8 Å². The maximum absolute atomic E-state index is 13.4. The number of hydrogen-bond acceptors (Lipinski definition) is 7. The number of hydrogen-bond donors (Lipinski definition) is 1. The summed E-state index contributed by atoms with van der Waals surface area (Å²) in [6.07, 6.45) is 4.64. The van der Waals surface area contributed by atoms with E-state index in [4.69, 9.17) is 21.1 Å². The summed E-state index contributed by atoms with van der Waals surface area (Å²) in [4.78, 5) is 13.0. The first-order chi connectivity index (χ1) is 16.9. The topological polar surface area (TPSA) is 106 Å². The van der Waals surface area contributed by atoms with Crippen LogP contribution in [-0.2, 0) is 14.9 Å². The SMILES string of the molecule is O=c1c(Cl)c(NC[C@H]2CCCOC2)cnn1C1CCN(S(=O)(=O)N2CCOc3ccccc32)CC1. The summed E-state index contributed by atoms with van der Waals surface area (Å²) < 4.78 is 42.2. The Morgan fingerprint density at radius 1 is 1.11 bits per heavy atom. The molecule has 5 rings (SSSR count). The Bertz CT molecular complexity index is 1210. The van der Waals surface area contributed by atoms with Crippen molar-refractivity contribution in [2.24, 2.45) is 5.92 Å². The predicted octanol–water partition coefficient (Wildman–Crippen LogP) is 2.52. The lowest BCUT2D eigenvalue weighted by Gasteiger charge is -2.37. The maximum atomic E-state index is 13.4. The van der Waals surface area contributed by atoms with Crippen molar-refractivity contribution in [3.05, 3.63) is 45.8 Å². The molecule has 0 aliphatic carbocycles. The summed E-state index contributed by atoms with van der Waals surface area (Å²) in [7, 11) is -3.71. The largest absolute Gasteiger partial charge is 0.489 e. The minimum atomic E-state index is -3.71. The molecule has 0 amide bonds. The van der Waals surface area contributed by atoms with Crippen LogP contribution < -0.4 is 19.9 Å². The van der Waals surface area contributed by atoms with Crippen molar-refractivity contribution >= 4 is 33.2 Å². The fraction of sp³-hybridized carbons (Fsp3) is 0.565. The van der Waals surface area contributed by atoms with Crippen LogP contribution in [0.5, 0.6) is 5.75 Å². The third kappa shape index (κ3) is 5.00. The molecular formula is C23H30ClN5O5S. The first-order valence-corrected chi connectivity index (χ1v) is 13.8. The monoisotopic (exact) mass is 523 g/mol. The molecule has 2 aromatic rings. The van der Waals surface area contributed by atoms with E-state index in [0.29, 0.717) is 68.7 Å². The second kappa shape index (κ2) is 10.3. The molecule has 0 unspecified atom stereocenters. The number of piperidine rings is 1. The summed E-state index contributed by atoms with van der Waals surface area (Å²) in [6.45, 7) is 3.32. The van der Waals surface area contributed by atoms with Crippen molar-refractivity contribution in [2.75, 3.05) is 55.6 Å². The fourth-order valence-corrected chi connectivity index (χ4v) is 6.75. The van der Waals surface area contributed by atoms with Gasteiger partial charge in [-0.15, -0.1) is 0 Å². The van der Waals surface area contributed by atoms with Gasteiger partial charge in [0.05, 0.1) is 36.8 Å². The zero-order valence-electron chi connectivity index (χ0n) is 19.4. The molecule has 1 N–H and O–H groups in total. The second-order valence-corrected chi connectivity index (χ2v) is 11.3. The van der Waals surface area contributed by atoms with E-state index in [1.54, 1.807) is 24.4 Å². The first kappa shape index (κ1) is 24.4. The lowest BCUT2D eigenvalue weighted by atomic mass is 10.0. The Labute approximate surface area is 209 Å². The minimum absolute atomic E-state index is 0.108. The first-order valence-electron chi connectivity index (χ1n) is 12.0. The van der Waals surface area contributed by atoms with Gasteiger partial charge in [0.2, 0.25) is 0 Å². The van der Waals surface area contributed by atoms with Gasteiger partial charge in [-0.3, -0.25) is 9.10 Å². The molecule has 35 heavy (non-hydrogen) atoms. The van der Waals surface area contributed by atoms with Gasteiger partial charge in [0.25, 0.3) is 5.56 Å². The zero-order valence-corrected chi connectivity index (χ0v) is 21.0. The quantitative estimate of drug-likeness (QED) is 0.620. The molecule has 1 aromatic carbocycles. The van der Waals surface area contributed by atoms with E-state index in [1.165, 1.54) is 13.3 Å². The minimum Gasteiger partial charge on any atom is -0.489 e. The fourth-order valence-electron chi connectivity index (χ4n) is 4.89. The van der Waals surface area contributed by atoms with Crippen molar-refractivity contribution < 1.29 is 17.9 Å². The molecule has 1 atom stereocenters. The molecule has 0 spiro atoms. The summed E-state index contributed by atoms with van der Waals surface area (Å²) in [5, 5.41) is 7.71. The van der Waals surface area contributed by atoms with Crippen molar-refractivity contribution in [2.45, 2.75) is 31.7 Å². The average molecular weight is 524 g/mol. The third-order valence-electron chi connectivity index (χ3n) is 6.84. The number of fused-ring (bicyclic) bond motifs is 1. The Balaban J connectivity index is 1.24. The molecule has 12 heteroatoms. The van der Waals surface area contributed by atoms with Crippen molar-refractivity contribution in [3.8, 4) is 5.75 Å². The van der Waals surface area contributed by atoms with Gasteiger partial charge in [-0.1, -0.05) is 23.7 Å². The van der Waals surface area contributed by atoms with Gasteiger partial charge in [-0.2, -0.15) is 17.8 Å². The Kier molecular flexibility index (Phi) is 7.19. The highest BCUT2D eigenvalue weighted by atomic mass is 35.5. The molecular weight excluding hydrogens is 494 g/mol. The summed E-state index contributed by atoms with van der Waals surface area (Å²) in [5.74, 6) is 0.944. The average Bonchev–Trinajstić information content (AvgIpc) is 2.90. The van der Waals surface area contributed by atoms with Crippen LogP contribution in [0.25, 0.3) is 0 Å². The van der Waals surface area contributed by atoms with Gasteiger partial charge in [-0.05, 0) is 43.7 Å². The number of benzene rings is 1. The number of aromatic nitrogens is 2. The molecule has 0 saturated carbocycles.